The quantitative estimate of drug-likeness (QED) is 0.565. The van der Waals surface area contributed by atoms with Gasteiger partial charge in [-0.15, -0.1) is 0 Å². The second-order valence-electron chi connectivity index (χ2n) is 5.63. The highest BCUT2D eigenvalue weighted by Gasteiger charge is 2.30. The maximum atomic E-state index is 12.6. The van der Waals surface area contributed by atoms with E-state index in [1.165, 1.54) is 6.92 Å². The van der Waals surface area contributed by atoms with E-state index in [1.54, 1.807) is 31.2 Å². The number of ether oxygens (including phenoxy) is 1. The van der Waals surface area contributed by atoms with Crippen molar-refractivity contribution in [2.75, 3.05) is 11.9 Å². The third-order valence-corrected chi connectivity index (χ3v) is 3.50. The number of anilines is 1. The van der Waals surface area contributed by atoms with Gasteiger partial charge in [0.05, 0.1) is 19.1 Å². The van der Waals surface area contributed by atoms with E-state index in [2.05, 4.69) is 10.6 Å². The lowest BCUT2D eigenvalue weighted by Gasteiger charge is -2.17. The molecule has 0 aliphatic heterocycles. The highest BCUT2D eigenvalue weighted by Crippen LogP contribution is 2.21. The molecule has 1 fully saturated rings. The average Bonchev–Trinajstić information content (AvgIpc) is 3.30. The molecule has 1 aromatic carbocycles. The molecule has 2 rings (SSSR count). The topological polar surface area (TPSA) is 84.5 Å². The first-order valence-corrected chi connectivity index (χ1v) is 7.83. The molecule has 23 heavy (non-hydrogen) atoms. The second-order valence-corrected chi connectivity index (χ2v) is 5.63. The molecule has 1 unspecified atom stereocenters. The van der Waals surface area contributed by atoms with Crippen LogP contribution in [0.25, 0.3) is 0 Å². The summed E-state index contributed by atoms with van der Waals surface area (Å²) in [4.78, 5) is 35.3. The van der Waals surface area contributed by atoms with E-state index in [9.17, 15) is 14.4 Å². The van der Waals surface area contributed by atoms with E-state index in [1.807, 2.05) is 0 Å². The molecule has 0 bridgehead atoms. The molecule has 0 heterocycles. The molecule has 0 saturated heterocycles. The Balaban J connectivity index is 2.05. The first-order chi connectivity index (χ1) is 11.0. The summed E-state index contributed by atoms with van der Waals surface area (Å²) in [6.45, 7) is 3.46. The Labute approximate surface area is 135 Å². The van der Waals surface area contributed by atoms with Gasteiger partial charge < -0.3 is 15.4 Å². The van der Waals surface area contributed by atoms with Gasteiger partial charge in [-0.3, -0.25) is 14.4 Å². The lowest BCUT2D eigenvalue weighted by molar-refractivity contribution is -0.143. The maximum absolute atomic E-state index is 12.6. The van der Waals surface area contributed by atoms with E-state index >= 15 is 0 Å². The van der Waals surface area contributed by atoms with Crippen molar-refractivity contribution in [3.63, 3.8) is 0 Å². The normalized spacial score (nSPS) is 14.9. The van der Waals surface area contributed by atoms with Crippen molar-refractivity contribution in [1.29, 1.82) is 0 Å². The van der Waals surface area contributed by atoms with Crippen LogP contribution in [-0.4, -0.2) is 36.4 Å². The molecule has 1 amide bonds. The lowest BCUT2D eigenvalue weighted by Crippen LogP contribution is -2.40. The van der Waals surface area contributed by atoms with Crippen molar-refractivity contribution in [2.24, 2.45) is 0 Å². The van der Waals surface area contributed by atoms with Gasteiger partial charge in [0.1, 0.15) is 0 Å². The number of hydrogen-bond donors (Lipinski definition) is 2. The van der Waals surface area contributed by atoms with Crippen LogP contribution in [0.2, 0.25) is 0 Å². The molecule has 6 nitrogen and oxygen atoms in total. The van der Waals surface area contributed by atoms with Crippen molar-refractivity contribution in [2.45, 2.75) is 45.2 Å². The van der Waals surface area contributed by atoms with E-state index in [0.29, 0.717) is 23.9 Å². The molecule has 1 atom stereocenters. The van der Waals surface area contributed by atoms with E-state index in [0.717, 1.165) is 12.8 Å². The lowest BCUT2D eigenvalue weighted by atomic mass is 10.0. The number of carbonyl (C=O) groups excluding carboxylic acids is 3. The van der Waals surface area contributed by atoms with Crippen LogP contribution in [0.3, 0.4) is 0 Å². The third-order valence-electron chi connectivity index (χ3n) is 3.50. The number of amides is 1. The summed E-state index contributed by atoms with van der Waals surface area (Å²) in [6.07, 6.45) is 2.07. The fourth-order valence-corrected chi connectivity index (χ4v) is 2.27. The Morgan fingerprint density at radius 2 is 1.87 bits per heavy atom. The minimum atomic E-state index is -0.576. The van der Waals surface area contributed by atoms with Gasteiger partial charge in [0.2, 0.25) is 5.91 Å². The zero-order valence-corrected chi connectivity index (χ0v) is 13.4. The minimum Gasteiger partial charge on any atom is -0.466 e. The van der Waals surface area contributed by atoms with Crippen LogP contribution in [0, 0.1) is 0 Å². The number of esters is 1. The van der Waals surface area contributed by atoms with Crippen LogP contribution in [0.1, 0.15) is 43.5 Å². The zero-order chi connectivity index (χ0) is 16.8. The summed E-state index contributed by atoms with van der Waals surface area (Å²) in [5.41, 5.74) is 1.13. The average molecular weight is 318 g/mol. The van der Waals surface area contributed by atoms with Crippen molar-refractivity contribution in [3.05, 3.63) is 29.8 Å². The third kappa shape index (κ3) is 5.49. The van der Waals surface area contributed by atoms with Crippen molar-refractivity contribution in [1.82, 2.24) is 5.32 Å². The number of rotatable bonds is 8. The van der Waals surface area contributed by atoms with Crippen molar-refractivity contribution < 1.29 is 19.1 Å². The number of ketones is 1. The smallest absolute Gasteiger partial charge is 0.307 e. The number of Topliss-reactive ketones (excluding diaryl/α,β-unsaturated/α-hetero) is 1. The molecule has 6 heteroatoms. The largest absolute Gasteiger partial charge is 0.466 e. The number of carbonyl (C=O) groups is 3. The molecule has 1 aliphatic rings. The molecular formula is C17H22N2O4. The Morgan fingerprint density at radius 3 is 2.39 bits per heavy atom. The number of nitrogens with one attached hydrogen (secondary N) is 2. The van der Waals surface area contributed by atoms with Crippen LogP contribution < -0.4 is 10.6 Å². The summed E-state index contributed by atoms with van der Waals surface area (Å²) < 4.78 is 4.94. The fraction of sp³-hybridized carbons (Fsp3) is 0.471. The standard InChI is InChI=1S/C17H22N2O4/c1-3-23-16(21)10-15(19-14-8-9-14)17(22)12-4-6-13(7-5-12)18-11(2)20/h4-7,14-15,19H,3,8-10H2,1-2H3,(H,18,20). The molecule has 1 aliphatic carbocycles. The SMILES string of the molecule is CCOC(=O)CC(NC1CC1)C(=O)c1ccc(NC(C)=O)cc1. The van der Waals surface area contributed by atoms with Gasteiger partial charge in [-0.2, -0.15) is 0 Å². The Hall–Kier alpha value is -2.21. The molecule has 1 saturated carbocycles. The van der Waals surface area contributed by atoms with Crippen LogP contribution >= 0.6 is 0 Å². The Kier molecular flexibility index (Phi) is 5.87. The molecular weight excluding hydrogens is 296 g/mol. The molecule has 124 valence electrons. The van der Waals surface area contributed by atoms with Crippen LogP contribution in [0.4, 0.5) is 5.69 Å². The van der Waals surface area contributed by atoms with Gasteiger partial charge in [0.25, 0.3) is 0 Å². The Morgan fingerprint density at radius 1 is 1.22 bits per heavy atom. The van der Waals surface area contributed by atoms with E-state index in [-0.39, 0.29) is 24.1 Å². The summed E-state index contributed by atoms with van der Waals surface area (Å²) in [7, 11) is 0. The summed E-state index contributed by atoms with van der Waals surface area (Å²) in [6, 6.07) is 6.38. The second kappa shape index (κ2) is 7.87. The van der Waals surface area contributed by atoms with Gasteiger partial charge in [-0.1, -0.05) is 0 Å². The summed E-state index contributed by atoms with van der Waals surface area (Å²) in [5, 5.41) is 5.86. The summed E-state index contributed by atoms with van der Waals surface area (Å²) in [5.74, 6) is -0.687. The molecule has 0 radical (unpaired) electrons. The van der Waals surface area contributed by atoms with Crippen LogP contribution in [0.15, 0.2) is 24.3 Å². The van der Waals surface area contributed by atoms with Crippen molar-refractivity contribution in [3.8, 4) is 0 Å². The van der Waals surface area contributed by atoms with Gasteiger partial charge in [0.15, 0.2) is 5.78 Å². The highest BCUT2D eigenvalue weighted by molar-refractivity contribution is 6.02. The van der Waals surface area contributed by atoms with Gasteiger partial charge in [-0.25, -0.2) is 0 Å². The predicted molar refractivity (Wildman–Crippen MR) is 86.3 cm³/mol. The first kappa shape index (κ1) is 17.1. The zero-order valence-electron chi connectivity index (χ0n) is 13.4. The molecule has 0 aromatic heterocycles. The molecule has 2 N–H and O–H groups in total. The molecule has 0 spiro atoms. The predicted octanol–water partition coefficient (Wildman–Crippen LogP) is 1.90. The highest BCUT2D eigenvalue weighted by atomic mass is 16.5. The van der Waals surface area contributed by atoms with Crippen LogP contribution in [-0.2, 0) is 14.3 Å². The van der Waals surface area contributed by atoms with Gasteiger partial charge in [0, 0.05) is 24.2 Å². The first-order valence-electron chi connectivity index (χ1n) is 7.83. The van der Waals surface area contributed by atoms with Gasteiger partial charge >= 0.3 is 5.97 Å². The van der Waals surface area contributed by atoms with E-state index < -0.39 is 6.04 Å². The van der Waals surface area contributed by atoms with E-state index in [4.69, 9.17) is 4.74 Å². The number of benzene rings is 1. The minimum absolute atomic E-state index is 0.0244. The van der Waals surface area contributed by atoms with Crippen LogP contribution in [0.5, 0.6) is 0 Å². The fourth-order valence-electron chi connectivity index (χ4n) is 2.27. The number of hydrogen-bond acceptors (Lipinski definition) is 5. The summed E-state index contributed by atoms with van der Waals surface area (Å²) >= 11 is 0. The van der Waals surface area contributed by atoms with Gasteiger partial charge in [-0.05, 0) is 44.0 Å². The van der Waals surface area contributed by atoms with Crippen molar-refractivity contribution >= 4 is 23.3 Å². The Bertz CT molecular complexity index is 579. The maximum Gasteiger partial charge on any atom is 0.307 e. The monoisotopic (exact) mass is 318 g/mol. The molecule has 1 aromatic rings.